The third-order valence-corrected chi connectivity index (χ3v) is 2.63. The van der Waals surface area contributed by atoms with E-state index in [1.807, 2.05) is 0 Å². The maximum absolute atomic E-state index is 12.1. The highest BCUT2D eigenvalue weighted by molar-refractivity contribution is 6.38. The molecule has 0 fully saturated rings. The molecule has 1 heterocycles. The Kier molecular flexibility index (Phi) is 3.41. The molecule has 0 spiro atoms. The number of carbonyl (C=O) groups is 1. The van der Waals surface area contributed by atoms with Gasteiger partial charge in [0.25, 0.3) is 0 Å². The first kappa shape index (κ1) is 14.0. The SMILES string of the molecule is [B]CN[C@@](C)(O)C(=O)c1ccc2c(c1)OC([B])([B])O2. The molecular formula is C11H10B3NO4. The molecule has 0 amide bonds. The largest absolute Gasteiger partial charge is 0.468 e. The minimum Gasteiger partial charge on any atom is -0.468 e. The number of Topliss-reactive ketones (excluding diaryl/α,β-unsaturated/α-hetero) is 1. The second kappa shape index (κ2) is 4.61. The summed E-state index contributed by atoms with van der Waals surface area (Å²) >= 11 is 0. The molecule has 1 aromatic carbocycles. The van der Waals surface area contributed by atoms with Gasteiger partial charge in [-0.05, 0) is 31.6 Å². The highest BCUT2D eigenvalue weighted by Crippen LogP contribution is 2.38. The Balaban J connectivity index is 2.27. The molecule has 6 radical (unpaired) electrons. The van der Waals surface area contributed by atoms with Gasteiger partial charge in [-0.3, -0.25) is 10.1 Å². The third kappa shape index (κ3) is 2.79. The zero-order valence-corrected chi connectivity index (χ0v) is 10.3. The van der Waals surface area contributed by atoms with Gasteiger partial charge in [-0.2, -0.15) is 0 Å². The number of ketones is 1. The van der Waals surface area contributed by atoms with Gasteiger partial charge in [-0.25, -0.2) is 0 Å². The number of rotatable bonds is 4. The third-order valence-electron chi connectivity index (χ3n) is 2.63. The minimum atomic E-state index is -1.77. The predicted octanol–water partition coefficient (Wildman–Crippen LogP) is -0.987. The zero-order valence-electron chi connectivity index (χ0n) is 10.3. The van der Waals surface area contributed by atoms with E-state index in [9.17, 15) is 9.90 Å². The normalized spacial score (nSPS) is 18.8. The quantitative estimate of drug-likeness (QED) is 0.409. The average molecular weight is 253 g/mol. The number of carbonyl (C=O) groups excluding carboxylic acids is 1. The van der Waals surface area contributed by atoms with E-state index >= 15 is 0 Å². The van der Waals surface area contributed by atoms with Crippen molar-refractivity contribution >= 4 is 29.3 Å². The van der Waals surface area contributed by atoms with Gasteiger partial charge in [-0.1, -0.05) is 0 Å². The Bertz CT molecular complexity index is 519. The van der Waals surface area contributed by atoms with Crippen molar-refractivity contribution in [3.63, 3.8) is 0 Å². The summed E-state index contributed by atoms with van der Waals surface area (Å²) in [6.45, 7) is 1.31. The molecule has 0 saturated carbocycles. The second-order valence-electron chi connectivity index (χ2n) is 4.37. The molecule has 92 valence electrons. The number of ether oxygens (including phenoxy) is 2. The van der Waals surface area contributed by atoms with Crippen molar-refractivity contribution in [1.29, 1.82) is 0 Å². The van der Waals surface area contributed by atoms with Crippen molar-refractivity contribution in [3.05, 3.63) is 23.8 Å². The first-order valence-electron chi connectivity index (χ1n) is 5.57. The molecule has 2 N–H and O–H groups in total. The molecule has 0 aliphatic carbocycles. The first-order chi connectivity index (χ1) is 8.75. The van der Waals surface area contributed by atoms with E-state index in [4.69, 9.17) is 33.0 Å². The summed E-state index contributed by atoms with van der Waals surface area (Å²) in [5.41, 5.74) is -3.31. The summed E-state index contributed by atoms with van der Waals surface area (Å²) in [6, 6.07) is 4.35. The molecule has 5 nitrogen and oxygen atoms in total. The van der Waals surface area contributed by atoms with Crippen LogP contribution < -0.4 is 14.8 Å². The number of hydrogen-bond acceptors (Lipinski definition) is 5. The van der Waals surface area contributed by atoms with Gasteiger partial charge in [-0.15, -0.1) is 0 Å². The number of nitrogens with one attached hydrogen (secondary N) is 1. The van der Waals surface area contributed by atoms with Gasteiger partial charge in [0.15, 0.2) is 38.5 Å². The fraction of sp³-hybridized carbons (Fsp3) is 0.364. The van der Waals surface area contributed by atoms with Gasteiger partial charge in [0.1, 0.15) is 0 Å². The summed E-state index contributed by atoms with van der Waals surface area (Å²) < 4.78 is 10.2. The lowest BCUT2D eigenvalue weighted by Gasteiger charge is -2.22. The smallest absolute Gasteiger partial charge is 0.209 e. The predicted molar refractivity (Wildman–Crippen MR) is 70.6 cm³/mol. The van der Waals surface area contributed by atoms with Crippen LogP contribution in [0.2, 0.25) is 0 Å². The average Bonchev–Trinajstić information content (AvgIpc) is 2.60. The van der Waals surface area contributed by atoms with Gasteiger partial charge < -0.3 is 14.6 Å². The first-order valence-corrected chi connectivity index (χ1v) is 5.57. The number of aliphatic hydroxyl groups is 1. The fourth-order valence-corrected chi connectivity index (χ4v) is 1.74. The standard InChI is InChI=1S/C11H10B3NO4/c1-10(17,15-5-12)9(16)6-2-3-7-8(4-6)19-11(13,14)18-7/h2-4,15,17H,5H2,1H3/t10-/m0/s1. The molecular weight excluding hydrogens is 243 g/mol. The van der Waals surface area contributed by atoms with Crippen LogP contribution in [-0.2, 0) is 0 Å². The molecule has 1 atom stereocenters. The summed E-state index contributed by atoms with van der Waals surface area (Å²) in [5, 5.41) is 12.4. The number of hydrogen-bond donors (Lipinski definition) is 2. The van der Waals surface area contributed by atoms with Crippen molar-refractivity contribution in [2.24, 2.45) is 0 Å². The summed E-state index contributed by atoms with van der Waals surface area (Å²) in [4.78, 5) is 12.1. The molecule has 1 aliphatic rings. The lowest BCUT2D eigenvalue weighted by molar-refractivity contribution is 0.0263. The molecule has 8 heteroatoms. The molecule has 19 heavy (non-hydrogen) atoms. The van der Waals surface area contributed by atoms with Gasteiger partial charge in [0.2, 0.25) is 5.78 Å². The maximum atomic E-state index is 12.1. The minimum absolute atomic E-state index is 0.0436. The fourth-order valence-electron chi connectivity index (χ4n) is 1.74. The van der Waals surface area contributed by atoms with Crippen LogP contribution >= 0.6 is 0 Å². The molecule has 0 aromatic heterocycles. The molecule has 0 unspecified atom stereocenters. The van der Waals surface area contributed by atoms with Crippen LogP contribution in [0.4, 0.5) is 0 Å². The van der Waals surface area contributed by atoms with Crippen LogP contribution in [0.3, 0.4) is 0 Å². The number of benzene rings is 1. The van der Waals surface area contributed by atoms with Crippen LogP contribution in [0, 0.1) is 0 Å². The van der Waals surface area contributed by atoms with Crippen molar-refractivity contribution in [3.8, 4) is 11.5 Å². The van der Waals surface area contributed by atoms with E-state index in [0.29, 0.717) is 5.75 Å². The second-order valence-corrected chi connectivity index (χ2v) is 4.37. The van der Waals surface area contributed by atoms with Crippen molar-refractivity contribution in [2.45, 2.75) is 18.2 Å². The molecule has 0 saturated heterocycles. The Morgan fingerprint density at radius 1 is 1.42 bits per heavy atom. The molecule has 0 bridgehead atoms. The van der Waals surface area contributed by atoms with Gasteiger partial charge in [0.05, 0.1) is 7.85 Å². The Morgan fingerprint density at radius 3 is 2.68 bits per heavy atom. The molecule has 1 aromatic rings. The summed E-state index contributed by atoms with van der Waals surface area (Å²) in [6.07, 6.45) is -0.0436. The Morgan fingerprint density at radius 2 is 2.05 bits per heavy atom. The van der Waals surface area contributed by atoms with E-state index in [2.05, 4.69) is 5.32 Å². The number of fused-ring (bicyclic) bond motifs is 1. The van der Waals surface area contributed by atoms with Gasteiger partial charge in [0, 0.05) is 5.56 Å². The van der Waals surface area contributed by atoms with Crippen molar-refractivity contribution in [2.75, 3.05) is 6.44 Å². The Labute approximate surface area is 114 Å². The van der Waals surface area contributed by atoms with Crippen molar-refractivity contribution in [1.82, 2.24) is 5.32 Å². The van der Waals surface area contributed by atoms with E-state index < -0.39 is 17.1 Å². The highest BCUT2D eigenvalue weighted by atomic mass is 16.7. The topological polar surface area (TPSA) is 67.8 Å². The molecule has 1 aliphatic heterocycles. The highest BCUT2D eigenvalue weighted by Gasteiger charge is 2.34. The van der Waals surface area contributed by atoms with E-state index in [-0.39, 0.29) is 17.8 Å². The van der Waals surface area contributed by atoms with Crippen LogP contribution in [-0.4, -0.2) is 52.2 Å². The van der Waals surface area contributed by atoms with Crippen LogP contribution in [0.1, 0.15) is 17.3 Å². The van der Waals surface area contributed by atoms with E-state index in [0.717, 1.165) is 0 Å². The van der Waals surface area contributed by atoms with Crippen LogP contribution in [0.25, 0.3) is 0 Å². The monoisotopic (exact) mass is 253 g/mol. The van der Waals surface area contributed by atoms with Crippen molar-refractivity contribution < 1.29 is 19.4 Å². The maximum Gasteiger partial charge on any atom is 0.209 e. The van der Waals surface area contributed by atoms with E-state index in [1.54, 1.807) is 0 Å². The summed E-state index contributed by atoms with van der Waals surface area (Å²) in [5.74, 6) is 0.00303. The summed E-state index contributed by atoms with van der Waals surface area (Å²) in [7, 11) is 16.2. The van der Waals surface area contributed by atoms with Crippen LogP contribution in [0.15, 0.2) is 18.2 Å². The van der Waals surface area contributed by atoms with Gasteiger partial charge >= 0.3 is 0 Å². The van der Waals surface area contributed by atoms with Crippen LogP contribution in [0.5, 0.6) is 11.5 Å². The van der Waals surface area contributed by atoms with E-state index in [1.165, 1.54) is 25.1 Å². The lowest BCUT2D eigenvalue weighted by Crippen LogP contribution is -2.49. The molecule has 2 rings (SSSR count). The Hall–Kier alpha value is -1.40. The zero-order chi connectivity index (χ0) is 14.3. The lowest BCUT2D eigenvalue weighted by atomic mass is 9.76.